The summed E-state index contributed by atoms with van der Waals surface area (Å²) < 4.78 is 5.36. The second-order valence-corrected chi connectivity index (χ2v) is 4.85. The van der Waals surface area contributed by atoms with Crippen molar-refractivity contribution in [2.24, 2.45) is 11.8 Å². The first-order valence-electron chi connectivity index (χ1n) is 6.40. The first kappa shape index (κ1) is 12.0. The van der Waals surface area contributed by atoms with E-state index in [4.69, 9.17) is 4.74 Å². The van der Waals surface area contributed by atoms with Crippen LogP contribution < -0.4 is 0 Å². The summed E-state index contributed by atoms with van der Waals surface area (Å²) in [6.45, 7) is 6.68. The Morgan fingerprint density at radius 1 is 1.21 bits per heavy atom. The van der Waals surface area contributed by atoms with Gasteiger partial charge in [-0.25, -0.2) is 0 Å². The Bertz CT molecular complexity index is 127. The Balaban J connectivity index is 1.92. The fourth-order valence-corrected chi connectivity index (χ4v) is 2.17. The van der Waals surface area contributed by atoms with E-state index in [9.17, 15) is 0 Å². The molecule has 1 aliphatic rings. The van der Waals surface area contributed by atoms with Crippen molar-refractivity contribution < 1.29 is 4.74 Å². The van der Waals surface area contributed by atoms with Gasteiger partial charge in [-0.15, -0.1) is 0 Å². The second-order valence-electron chi connectivity index (χ2n) is 4.85. The molecule has 1 unspecified atom stereocenters. The first-order chi connectivity index (χ1) is 6.83. The summed E-state index contributed by atoms with van der Waals surface area (Å²) in [5.74, 6) is 1.91. The number of ether oxygens (including phenoxy) is 1. The zero-order valence-electron chi connectivity index (χ0n) is 9.93. The SMILES string of the molecule is CCC(C)CCCCC1CCOCC1. The van der Waals surface area contributed by atoms with Crippen molar-refractivity contribution in [3.05, 3.63) is 0 Å². The molecule has 14 heavy (non-hydrogen) atoms. The summed E-state index contributed by atoms with van der Waals surface area (Å²) in [5.41, 5.74) is 0. The van der Waals surface area contributed by atoms with Crippen LogP contribution in [0.1, 0.15) is 58.8 Å². The zero-order valence-corrected chi connectivity index (χ0v) is 9.93. The second kappa shape index (κ2) is 7.28. The van der Waals surface area contributed by atoms with Gasteiger partial charge in [-0.1, -0.05) is 46.0 Å². The highest BCUT2D eigenvalue weighted by Gasteiger charge is 2.12. The van der Waals surface area contributed by atoms with Crippen LogP contribution >= 0.6 is 0 Å². The third-order valence-electron chi connectivity index (χ3n) is 3.60. The lowest BCUT2D eigenvalue weighted by molar-refractivity contribution is 0.0630. The molecule has 0 radical (unpaired) electrons. The van der Waals surface area contributed by atoms with E-state index >= 15 is 0 Å². The average molecular weight is 198 g/mol. The summed E-state index contributed by atoms with van der Waals surface area (Å²) in [6.07, 6.45) is 9.71. The van der Waals surface area contributed by atoms with E-state index in [1.165, 1.54) is 44.9 Å². The molecule has 1 heterocycles. The van der Waals surface area contributed by atoms with Crippen LogP contribution in [0.5, 0.6) is 0 Å². The summed E-state index contributed by atoms with van der Waals surface area (Å²) in [6, 6.07) is 0. The molecule has 0 amide bonds. The first-order valence-corrected chi connectivity index (χ1v) is 6.40. The number of unbranched alkanes of at least 4 members (excludes halogenated alkanes) is 1. The van der Waals surface area contributed by atoms with Gasteiger partial charge < -0.3 is 4.74 Å². The number of rotatable bonds is 6. The Morgan fingerprint density at radius 3 is 2.57 bits per heavy atom. The van der Waals surface area contributed by atoms with Crippen molar-refractivity contribution in [3.8, 4) is 0 Å². The lowest BCUT2D eigenvalue weighted by Crippen LogP contribution is -2.15. The van der Waals surface area contributed by atoms with Gasteiger partial charge in [0, 0.05) is 13.2 Å². The summed E-state index contributed by atoms with van der Waals surface area (Å²) in [7, 11) is 0. The molecule has 0 N–H and O–H groups in total. The van der Waals surface area contributed by atoms with Gasteiger partial charge in [-0.3, -0.25) is 0 Å². The molecule has 0 aromatic rings. The van der Waals surface area contributed by atoms with Crippen molar-refractivity contribution >= 4 is 0 Å². The molecule has 1 nitrogen and oxygen atoms in total. The van der Waals surface area contributed by atoms with Gasteiger partial charge in [0.2, 0.25) is 0 Å². The van der Waals surface area contributed by atoms with Crippen molar-refractivity contribution in [3.63, 3.8) is 0 Å². The normalized spacial score (nSPS) is 21.0. The highest BCUT2D eigenvalue weighted by Crippen LogP contribution is 2.22. The van der Waals surface area contributed by atoms with Crippen molar-refractivity contribution in [1.82, 2.24) is 0 Å². The van der Waals surface area contributed by atoms with Crippen LogP contribution in [-0.2, 0) is 4.74 Å². The van der Waals surface area contributed by atoms with Gasteiger partial charge in [0.25, 0.3) is 0 Å². The predicted octanol–water partition coefficient (Wildman–Crippen LogP) is 4.02. The third kappa shape index (κ3) is 4.99. The monoisotopic (exact) mass is 198 g/mol. The molecule has 1 rings (SSSR count). The van der Waals surface area contributed by atoms with E-state index in [1.807, 2.05) is 0 Å². The molecule has 1 saturated heterocycles. The van der Waals surface area contributed by atoms with E-state index in [-0.39, 0.29) is 0 Å². The number of hydrogen-bond donors (Lipinski definition) is 0. The van der Waals surface area contributed by atoms with Crippen LogP contribution in [0.3, 0.4) is 0 Å². The predicted molar refractivity (Wildman–Crippen MR) is 61.5 cm³/mol. The fourth-order valence-electron chi connectivity index (χ4n) is 2.17. The Hall–Kier alpha value is -0.0400. The number of hydrogen-bond acceptors (Lipinski definition) is 1. The van der Waals surface area contributed by atoms with Crippen molar-refractivity contribution in [1.29, 1.82) is 0 Å². The standard InChI is InChI=1S/C13H26O/c1-3-12(2)6-4-5-7-13-8-10-14-11-9-13/h12-13H,3-11H2,1-2H3. The maximum Gasteiger partial charge on any atom is 0.0468 e. The average Bonchev–Trinajstić information content (AvgIpc) is 2.25. The quantitative estimate of drug-likeness (QED) is 0.586. The molecule has 0 aliphatic carbocycles. The van der Waals surface area contributed by atoms with E-state index < -0.39 is 0 Å². The minimum atomic E-state index is 0.935. The summed E-state index contributed by atoms with van der Waals surface area (Å²) >= 11 is 0. The van der Waals surface area contributed by atoms with Crippen LogP contribution in [-0.4, -0.2) is 13.2 Å². The van der Waals surface area contributed by atoms with Crippen LogP contribution in [0, 0.1) is 11.8 Å². The molecule has 0 spiro atoms. The molecular formula is C13H26O. The third-order valence-corrected chi connectivity index (χ3v) is 3.60. The van der Waals surface area contributed by atoms with E-state index in [0.717, 1.165) is 25.0 Å². The minimum absolute atomic E-state index is 0.935. The Kier molecular flexibility index (Phi) is 6.25. The van der Waals surface area contributed by atoms with Gasteiger partial charge in [0.1, 0.15) is 0 Å². The van der Waals surface area contributed by atoms with E-state index in [2.05, 4.69) is 13.8 Å². The topological polar surface area (TPSA) is 9.23 Å². The molecule has 1 aliphatic heterocycles. The lowest BCUT2D eigenvalue weighted by atomic mass is 9.92. The maximum atomic E-state index is 5.36. The van der Waals surface area contributed by atoms with E-state index in [0.29, 0.717) is 0 Å². The molecule has 0 aromatic heterocycles. The molecule has 1 fully saturated rings. The zero-order chi connectivity index (χ0) is 10.2. The van der Waals surface area contributed by atoms with Crippen LogP contribution in [0.4, 0.5) is 0 Å². The maximum absolute atomic E-state index is 5.36. The van der Waals surface area contributed by atoms with Gasteiger partial charge in [0.15, 0.2) is 0 Å². The molecule has 1 atom stereocenters. The smallest absolute Gasteiger partial charge is 0.0468 e. The molecule has 84 valence electrons. The Morgan fingerprint density at radius 2 is 1.93 bits per heavy atom. The van der Waals surface area contributed by atoms with Gasteiger partial charge in [-0.05, 0) is 24.7 Å². The Labute approximate surface area is 89.2 Å². The molecule has 0 aromatic carbocycles. The van der Waals surface area contributed by atoms with Crippen molar-refractivity contribution in [2.75, 3.05) is 13.2 Å². The summed E-state index contributed by atoms with van der Waals surface area (Å²) in [4.78, 5) is 0. The lowest BCUT2D eigenvalue weighted by Gasteiger charge is -2.21. The van der Waals surface area contributed by atoms with Crippen LogP contribution in [0.2, 0.25) is 0 Å². The largest absolute Gasteiger partial charge is 0.381 e. The molecule has 1 heteroatoms. The molecule has 0 bridgehead atoms. The van der Waals surface area contributed by atoms with Gasteiger partial charge in [0.05, 0.1) is 0 Å². The highest BCUT2D eigenvalue weighted by molar-refractivity contribution is 4.63. The van der Waals surface area contributed by atoms with Gasteiger partial charge in [-0.2, -0.15) is 0 Å². The summed E-state index contributed by atoms with van der Waals surface area (Å²) in [5, 5.41) is 0. The van der Waals surface area contributed by atoms with Gasteiger partial charge >= 0.3 is 0 Å². The van der Waals surface area contributed by atoms with Crippen LogP contribution in [0.25, 0.3) is 0 Å². The molecular weight excluding hydrogens is 172 g/mol. The van der Waals surface area contributed by atoms with Crippen molar-refractivity contribution in [2.45, 2.75) is 58.8 Å². The minimum Gasteiger partial charge on any atom is -0.381 e. The molecule has 0 saturated carbocycles. The highest BCUT2D eigenvalue weighted by atomic mass is 16.5. The van der Waals surface area contributed by atoms with E-state index in [1.54, 1.807) is 0 Å². The van der Waals surface area contributed by atoms with Crippen LogP contribution in [0.15, 0.2) is 0 Å². The fraction of sp³-hybridized carbons (Fsp3) is 1.00.